The summed E-state index contributed by atoms with van der Waals surface area (Å²) in [6, 6.07) is 1.94. The molecule has 0 spiro atoms. The first-order valence-electron chi connectivity index (χ1n) is 5.63. The summed E-state index contributed by atoms with van der Waals surface area (Å²) < 4.78 is 0. The Morgan fingerprint density at radius 3 is 3.00 bits per heavy atom. The molecule has 16 heavy (non-hydrogen) atoms. The number of H-pyrrole nitrogens is 1. The molecule has 0 saturated carbocycles. The van der Waals surface area contributed by atoms with Gasteiger partial charge in [0.2, 0.25) is 0 Å². The first-order chi connectivity index (χ1) is 7.92. The van der Waals surface area contributed by atoms with Gasteiger partial charge in [-0.1, -0.05) is 0 Å². The smallest absolute Gasteiger partial charge is 0.121 e. The van der Waals surface area contributed by atoms with Crippen molar-refractivity contribution in [2.75, 3.05) is 26.2 Å². The van der Waals surface area contributed by atoms with Crippen LogP contribution in [0.25, 0.3) is 11.0 Å². The van der Waals surface area contributed by atoms with Crippen LogP contribution in [0.5, 0.6) is 0 Å². The lowest BCUT2D eigenvalue weighted by Gasteiger charge is -2.26. The van der Waals surface area contributed by atoms with Gasteiger partial charge >= 0.3 is 0 Å². The van der Waals surface area contributed by atoms with E-state index in [2.05, 4.69) is 25.2 Å². The second kappa shape index (κ2) is 4.19. The van der Waals surface area contributed by atoms with Crippen LogP contribution < -0.4 is 5.32 Å². The van der Waals surface area contributed by atoms with Crippen LogP contribution in [0.4, 0.5) is 0 Å². The maximum atomic E-state index is 4.55. The first-order valence-corrected chi connectivity index (χ1v) is 5.63. The molecular formula is C11H15N5. The zero-order valence-electron chi connectivity index (χ0n) is 9.11. The van der Waals surface area contributed by atoms with Gasteiger partial charge in [-0.25, -0.2) is 4.98 Å². The van der Waals surface area contributed by atoms with E-state index in [0.29, 0.717) is 0 Å². The van der Waals surface area contributed by atoms with Crippen molar-refractivity contribution in [3.63, 3.8) is 0 Å². The van der Waals surface area contributed by atoms with Gasteiger partial charge in [-0.05, 0) is 6.07 Å². The fraction of sp³-hybridized carbons (Fsp3) is 0.455. The van der Waals surface area contributed by atoms with Crippen molar-refractivity contribution < 1.29 is 0 Å². The van der Waals surface area contributed by atoms with Gasteiger partial charge in [-0.15, -0.1) is 0 Å². The fourth-order valence-electron chi connectivity index (χ4n) is 2.07. The van der Waals surface area contributed by atoms with Crippen LogP contribution in [-0.4, -0.2) is 46.0 Å². The van der Waals surface area contributed by atoms with Gasteiger partial charge in [0.15, 0.2) is 0 Å². The number of hydrogen-bond acceptors (Lipinski definition) is 4. The van der Waals surface area contributed by atoms with Crippen molar-refractivity contribution in [2.24, 2.45) is 0 Å². The molecule has 0 aromatic carbocycles. The molecule has 84 valence electrons. The lowest BCUT2D eigenvalue weighted by atomic mass is 10.3. The third-order valence-corrected chi connectivity index (χ3v) is 2.92. The van der Waals surface area contributed by atoms with E-state index < -0.39 is 0 Å². The molecule has 2 aromatic rings. The highest BCUT2D eigenvalue weighted by molar-refractivity contribution is 5.73. The maximum Gasteiger partial charge on any atom is 0.121 e. The molecule has 1 aliphatic rings. The Hall–Kier alpha value is -1.46. The summed E-state index contributed by atoms with van der Waals surface area (Å²) >= 11 is 0. The van der Waals surface area contributed by atoms with Gasteiger partial charge in [0.25, 0.3) is 0 Å². The molecule has 2 N–H and O–H groups in total. The Kier molecular flexibility index (Phi) is 2.55. The number of fused-ring (bicyclic) bond motifs is 1. The SMILES string of the molecule is c1cc2nc(CN3CCNCC3)[nH]c2cn1. The average Bonchev–Trinajstić information content (AvgIpc) is 2.72. The van der Waals surface area contributed by atoms with Gasteiger partial charge in [0, 0.05) is 32.4 Å². The van der Waals surface area contributed by atoms with Crippen LogP contribution in [0.3, 0.4) is 0 Å². The highest BCUT2D eigenvalue weighted by Crippen LogP contribution is 2.10. The predicted octanol–water partition coefficient (Wildman–Crippen LogP) is 0.363. The predicted molar refractivity (Wildman–Crippen MR) is 62.0 cm³/mol. The van der Waals surface area contributed by atoms with Crippen LogP contribution >= 0.6 is 0 Å². The molecule has 3 heterocycles. The summed E-state index contributed by atoms with van der Waals surface area (Å²) in [7, 11) is 0. The number of rotatable bonds is 2. The Labute approximate surface area is 93.9 Å². The molecule has 1 saturated heterocycles. The number of nitrogens with zero attached hydrogens (tertiary/aromatic N) is 3. The molecule has 3 rings (SSSR count). The van der Waals surface area contributed by atoms with E-state index in [1.807, 2.05) is 12.3 Å². The van der Waals surface area contributed by atoms with Gasteiger partial charge in [0.1, 0.15) is 5.82 Å². The van der Waals surface area contributed by atoms with Gasteiger partial charge in [0.05, 0.1) is 23.8 Å². The largest absolute Gasteiger partial charge is 0.340 e. The third kappa shape index (κ3) is 1.91. The van der Waals surface area contributed by atoms with Crippen LogP contribution in [0.1, 0.15) is 5.82 Å². The molecule has 2 aromatic heterocycles. The summed E-state index contributed by atoms with van der Waals surface area (Å²) in [6.45, 7) is 5.23. The van der Waals surface area contributed by atoms with Crippen molar-refractivity contribution in [1.82, 2.24) is 25.2 Å². The van der Waals surface area contributed by atoms with Crippen molar-refractivity contribution >= 4 is 11.0 Å². The lowest BCUT2D eigenvalue weighted by molar-refractivity contribution is 0.229. The second-order valence-corrected chi connectivity index (χ2v) is 4.10. The molecule has 0 aliphatic carbocycles. The highest BCUT2D eigenvalue weighted by atomic mass is 15.2. The van der Waals surface area contributed by atoms with E-state index in [-0.39, 0.29) is 0 Å². The molecule has 5 heteroatoms. The number of hydrogen-bond donors (Lipinski definition) is 2. The Balaban J connectivity index is 1.78. The van der Waals surface area contributed by atoms with Crippen LogP contribution in [0.2, 0.25) is 0 Å². The molecule has 0 bridgehead atoms. The van der Waals surface area contributed by atoms with E-state index >= 15 is 0 Å². The minimum absolute atomic E-state index is 0.899. The number of pyridine rings is 1. The van der Waals surface area contributed by atoms with Crippen molar-refractivity contribution in [3.05, 3.63) is 24.3 Å². The van der Waals surface area contributed by atoms with E-state index in [9.17, 15) is 0 Å². The Bertz CT molecular complexity index is 439. The highest BCUT2D eigenvalue weighted by Gasteiger charge is 2.11. The normalized spacial score (nSPS) is 18.0. The standard InChI is InChI=1S/C11H15N5/c1-2-13-7-10-9(1)14-11(15-10)8-16-5-3-12-4-6-16/h1-2,7,12H,3-6,8H2,(H,14,15). The molecule has 5 nitrogen and oxygen atoms in total. The van der Waals surface area contributed by atoms with Gasteiger partial charge in [-0.2, -0.15) is 0 Å². The van der Waals surface area contributed by atoms with E-state index in [0.717, 1.165) is 49.6 Å². The van der Waals surface area contributed by atoms with Gasteiger partial charge in [-0.3, -0.25) is 9.88 Å². The number of piperazine rings is 1. The molecule has 0 radical (unpaired) electrons. The zero-order chi connectivity index (χ0) is 10.8. The van der Waals surface area contributed by atoms with E-state index in [1.54, 1.807) is 6.20 Å². The molecule has 1 fully saturated rings. The number of imidazole rings is 1. The van der Waals surface area contributed by atoms with Crippen LogP contribution in [-0.2, 0) is 6.54 Å². The summed E-state index contributed by atoms with van der Waals surface area (Å²) in [4.78, 5) is 14.3. The van der Waals surface area contributed by atoms with Crippen LogP contribution in [0, 0.1) is 0 Å². The first kappa shape index (κ1) is 9.74. The van der Waals surface area contributed by atoms with Crippen molar-refractivity contribution in [3.8, 4) is 0 Å². The summed E-state index contributed by atoms with van der Waals surface area (Å²) in [5.41, 5.74) is 2.02. The summed E-state index contributed by atoms with van der Waals surface area (Å²) in [5, 5.41) is 3.34. The zero-order valence-corrected chi connectivity index (χ0v) is 9.11. The van der Waals surface area contributed by atoms with Crippen molar-refractivity contribution in [1.29, 1.82) is 0 Å². The Morgan fingerprint density at radius 2 is 2.19 bits per heavy atom. The van der Waals surface area contributed by atoms with Gasteiger partial charge < -0.3 is 10.3 Å². The third-order valence-electron chi connectivity index (χ3n) is 2.92. The minimum Gasteiger partial charge on any atom is -0.340 e. The Morgan fingerprint density at radius 1 is 1.31 bits per heavy atom. The number of nitrogens with one attached hydrogen (secondary N) is 2. The molecule has 0 amide bonds. The van der Waals surface area contributed by atoms with Crippen molar-refractivity contribution in [2.45, 2.75) is 6.54 Å². The van der Waals surface area contributed by atoms with E-state index in [1.165, 1.54) is 0 Å². The maximum absolute atomic E-state index is 4.55. The quantitative estimate of drug-likeness (QED) is 0.762. The summed E-state index contributed by atoms with van der Waals surface area (Å²) in [5.74, 6) is 1.03. The number of aromatic amines is 1. The number of aromatic nitrogens is 3. The second-order valence-electron chi connectivity index (χ2n) is 4.10. The monoisotopic (exact) mass is 217 g/mol. The topological polar surface area (TPSA) is 56.8 Å². The van der Waals surface area contributed by atoms with E-state index in [4.69, 9.17) is 0 Å². The fourth-order valence-corrected chi connectivity index (χ4v) is 2.07. The van der Waals surface area contributed by atoms with Crippen LogP contribution in [0.15, 0.2) is 18.5 Å². The average molecular weight is 217 g/mol. The molecule has 0 atom stereocenters. The molecule has 0 unspecified atom stereocenters. The minimum atomic E-state index is 0.899. The molecular weight excluding hydrogens is 202 g/mol. The molecule has 1 aliphatic heterocycles. The lowest BCUT2D eigenvalue weighted by Crippen LogP contribution is -2.43. The summed E-state index contributed by atoms with van der Waals surface area (Å²) in [6.07, 6.45) is 3.60.